The molecule has 1 aliphatic rings. The molecule has 1 fully saturated rings. The lowest BCUT2D eigenvalue weighted by Crippen LogP contribution is -2.45. The second-order valence-electron chi connectivity index (χ2n) is 5.47. The molecule has 2 rings (SSSR count). The van der Waals surface area contributed by atoms with Gasteiger partial charge in [0.15, 0.2) is 0 Å². The number of nitrogens with two attached hydrogens (primary N) is 1. The molecule has 2 N–H and O–H groups in total. The lowest BCUT2D eigenvalue weighted by Gasteiger charge is -2.32. The Kier molecular flexibility index (Phi) is 5.33. The van der Waals surface area contributed by atoms with Crippen molar-refractivity contribution in [1.82, 2.24) is 4.90 Å². The van der Waals surface area contributed by atoms with Gasteiger partial charge in [0.2, 0.25) is 11.8 Å². The molecule has 1 heterocycles. The molecule has 2 amide bonds. The molecule has 0 spiro atoms. The fourth-order valence-electron chi connectivity index (χ4n) is 2.69. The second kappa shape index (κ2) is 7.22. The molecule has 0 radical (unpaired) electrons. The van der Waals surface area contributed by atoms with Crippen LogP contribution in [0.25, 0.3) is 0 Å². The third kappa shape index (κ3) is 4.29. The molecule has 1 saturated heterocycles. The molecule has 5 heteroatoms. The third-order valence-corrected chi connectivity index (χ3v) is 3.80. The van der Waals surface area contributed by atoms with Crippen molar-refractivity contribution in [2.24, 2.45) is 11.7 Å². The first kappa shape index (κ1) is 15.5. The van der Waals surface area contributed by atoms with Crippen LogP contribution in [-0.4, -0.2) is 36.0 Å². The lowest BCUT2D eigenvalue weighted by molar-refractivity contribution is -0.146. The zero-order chi connectivity index (χ0) is 15.2. The van der Waals surface area contributed by atoms with Crippen molar-refractivity contribution in [2.75, 3.05) is 13.2 Å². The molecule has 0 bridgehead atoms. The van der Waals surface area contributed by atoms with Crippen LogP contribution in [0.15, 0.2) is 30.3 Å². The van der Waals surface area contributed by atoms with Gasteiger partial charge in [-0.2, -0.15) is 0 Å². The number of carbonyl (C=O) groups excluding carboxylic acids is 2. The van der Waals surface area contributed by atoms with Crippen LogP contribution in [-0.2, 0) is 20.9 Å². The number of amides is 2. The van der Waals surface area contributed by atoms with E-state index < -0.39 is 5.91 Å². The van der Waals surface area contributed by atoms with Crippen molar-refractivity contribution in [2.45, 2.75) is 32.4 Å². The summed E-state index contributed by atoms with van der Waals surface area (Å²) in [6.07, 6.45) is 1.55. The number of rotatable bonds is 5. The summed E-state index contributed by atoms with van der Waals surface area (Å²) < 4.78 is 5.55. The number of ether oxygens (including phenoxy) is 1. The Morgan fingerprint density at radius 1 is 1.33 bits per heavy atom. The average molecular weight is 290 g/mol. The minimum absolute atomic E-state index is 0.0511. The van der Waals surface area contributed by atoms with Crippen LogP contribution in [0.2, 0.25) is 0 Å². The van der Waals surface area contributed by atoms with Gasteiger partial charge in [0.25, 0.3) is 0 Å². The second-order valence-corrected chi connectivity index (χ2v) is 5.47. The van der Waals surface area contributed by atoms with E-state index >= 15 is 0 Å². The van der Waals surface area contributed by atoms with E-state index in [-0.39, 0.29) is 24.5 Å². The molecule has 1 aromatic carbocycles. The normalized spacial score (nSPS) is 21.8. The molecule has 0 aromatic heterocycles. The van der Waals surface area contributed by atoms with Crippen molar-refractivity contribution >= 4 is 11.8 Å². The molecule has 21 heavy (non-hydrogen) atoms. The maximum atomic E-state index is 12.7. The molecule has 1 aromatic rings. The lowest BCUT2D eigenvalue weighted by atomic mass is 9.93. The van der Waals surface area contributed by atoms with Crippen molar-refractivity contribution in [1.29, 1.82) is 0 Å². The van der Waals surface area contributed by atoms with Crippen LogP contribution in [0.3, 0.4) is 0 Å². The Morgan fingerprint density at radius 2 is 2.05 bits per heavy atom. The standard InChI is InChI=1S/C16H22N2O3/c1-12-14(8-5-9-21-12)16(20)18(11-15(17)19)10-13-6-3-2-4-7-13/h2-4,6-7,12,14H,5,8-11H2,1H3,(H2,17,19)/t12-,14+/m1/s1. The van der Waals surface area contributed by atoms with E-state index in [9.17, 15) is 9.59 Å². The number of carbonyl (C=O) groups is 2. The maximum absolute atomic E-state index is 12.7. The topological polar surface area (TPSA) is 72.6 Å². The van der Waals surface area contributed by atoms with E-state index in [1.54, 1.807) is 0 Å². The minimum Gasteiger partial charge on any atom is -0.378 e. The van der Waals surface area contributed by atoms with Crippen molar-refractivity contribution in [3.05, 3.63) is 35.9 Å². The van der Waals surface area contributed by atoms with Gasteiger partial charge in [-0.25, -0.2) is 0 Å². The molecule has 0 unspecified atom stereocenters. The van der Waals surface area contributed by atoms with Gasteiger partial charge >= 0.3 is 0 Å². The van der Waals surface area contributed by atoms with E-state index in [1.165, 1.54) is 4.90 Å². The van der Waals surface area contributed by atoms with Crippen LogP contribution in [0.4, 0.5) is 0 Å². The van der Waals surface area contributed by atoms with Gasteiger partial charge in [-0.1, -0.05) is 30.3 Å². The van der Waals surface area contributed by atoms with E-state index in [1.807, 2.05) is 37.3 Å². The molecule has 0 saturated carbocycles. The summed E-state index contributed by atoms with van der Waals surface area (Å²) in [7, 11) is 0. The van der Waals surface area contributed by atoms with Crippen LogP contribution in [0, 0.1) is 5.92 Å². The first-order valence-electron chi connectivity index (χ1n) is 7.30. The Morgan fingerprint density at radius 3 is 2.67 bits per heavy atom. The monoisotopic (exact) mass is 290 g/mol. The SMILES string of the molecule is C[C@H]1OCCC[C@@H]1C(=O)N(CC(N)=O)Cc1ccccc1. The van der Waals surface area contributed by atoms with Crippen LogP contribution < -0.4 is 5.73 Å². The molecule has 0 aliphatic carbocycles. The number of hydrogen-bond acceptors (Lipinski definition) is 3. The van der Waals surface area contributed by atoms with Crippen LogP contribution >= 0.6 is 0 Å². The third-order valence-electron chi connectivity index (χ3n) is 3.80. The molecule has 114 valence electrons. The largest absolute Gasteiger partial charge is 0.378 e. The Hall–Kier alpha value is -1.88. The van der Waals surface area contributed by atoms with E-state index in [2.05, 4.69) is 0 Å². The quantitative estimate of drug-likeness (QED) is 0.888. The van der Waals surface area contributed by atoms with E-state index in [4.69, 9.17) is 10.5 Å². The molecule has 2 atom stereocenters. The summed E-state index contributed by atoms with van der Waals surface area (Å²) >= 11 is 0. The Labute approximate surface area is 125 Å². The van der Waals surface area contributed by atoms with E-state index in [0.717, 1.165) is 18.4 Å². The highest BCUT2D eigenvalue weighted by Crippen LogP contribution is 2.23. The minimum atomic E-state index is -0.497. The van der Waals surface area contributed by atoms with Gasteiger partial charge in [0.05, 0.1) is 18.6 Å². The summed E-state index contributed by atoms with van der Waals surface area (Å²) in [5.74, 6) is -0.740. The predicted octanol–water partition coefficient (Wildman–Crippen LogP) is 1.32. The van der Waals surface area contributed by atoms with Gasteiger partial charge < -0.3 is 15.4 Å². The predicted molar refractivity (Wildman–Crippen MR) is 79.2 cm³/mol. The van der Waals surface area contributed by atoms with E-state index in [0.29, 0.717) is 13.2 Å². The van der Waals surface area contributed by atoms with Gasteiger partial charge in [0, 0.05) is 13.2 Å². The highest BCUT2D eigenvalue weighted by atomic mass is 16.5. The van der Waals surface area contributed by atoms with Crippen molar-refractivity contribution in [3.8, 4) is 0 Å². The summed E-state index contributed by atoms with van der Waals surface area (Å²) in [6.45, 7) is 2.94. The summed E-state index contributed by atoms with van der Waals surface area (Å²) in [6, 6.07) is 9.61. The zero-order valence-electron chi connectivity index (χ0n) is 12.3. The van der Waals surface area contributed by atoms with Gasteiger partial charge in [-0.05, 0) is 25.3 Å². The summed E-state index contributed by atoms with van der Waals surface area (Å²) in [5, 5.41) is 0. The Bertz CT molecular complexity index is 490. The number of hydrogen-bond donors (Lipinski definition) is 1. The smallest absolute Gasteiger partial charge is 0.237 e. The summed E-state index contributed by atoms with van der Waals surface area (Å²) in [5.41, 5.74) is 6.27. The summed E-state index contributed by atoms with van der Waals surface area (Å²) in [4.78, 5) is 25.5. The number of nitrogens with zero attached hydrogens (tertiary/aromatic N) is 1. The van der Waals surface area contributed by atoms with Gasteiger partial charge in [-0.3, -0.25) is 9.59 Å². The number of benzene rings is 1. The highest BCUT2D eigenvalue weighted by molar-refractivity contribution is 5.85. The molecular weight excluding hydrogens is 268 g/mol. The Balaban J connectivity index is 2.11. The fraction of sp³-hybridized carbons (Fsp3) is 0.500. The van der Waals surface area contributed by atoms with Crippen molar-refractivity contribution in [3.63, 3.8) is 0 Å². The van der Waals surface area contributed by atoms with Crippen LogP contribution in [0.5, 0.6) is 0 Å². The van der Waals surface area contributed by atoms with Gasteiger partial charge in [0.1, 0.15) is 0 Å². The number of primary amides is 1. The van der Waals surface area contributed by atoms with Crippen molar-refractivity contribution < 1.29 is 14.3 Å². The fourth-order valence-corrected chi connectivity index (χ4v) is 2.69. The highest BCUT2D eigenvalue weighted by Gasteiger charge is 2.32. The van der Waals surface area contributed by atoms with Gasteiger partial charge in [-0.15, -0.1) is 0 Å². The first-order chi connectivity index (χ1) is 10.1. The molecule has 5 nitrogen and oxygen atoms in total. The maximum Gasteiger partial charge on any atom is 0.237 e. The average Bonchev–Trinajstić information content (AvgIpc) is 2.47. The molecule has 1 aliphatic heterocycles. The van der Waals surface area contributed by atoms with Crippen LogP contribution in [0.1, 0.15) is 25.3 Å². The molecular formula is C16H22N2O3. The zero-order valence-corrected chi connectivity index (χ0v) is 12.3. The first-order valence-corrected chi connectivity index (χ1v) is 7.30.